The molecule has 0 radical (unpaired) electrons. The molecule has 3 N–H and O–H groups in total. The van der Waals surface area contributed by atoms with Crippen LogP contribution in [0.2, 0.25) is 5.02 Å². The van der Waals surface area contributed by atoms with Crippen LogP contribution in [0.15, 0.2) is 47.4 Å². The van der Waals surface area contributed by atoms with Gasteiger partial charge in [0.05, 0.1) is 4.90 Å². The minimum atomic E-state index is -3.71. The van der Waals surface area contributed by atoms with Gasteiger partial charge in [-0.2, -0.15) is 0 Å². The van der Waals surface area contributed by atoms with Crippen molar-refractivity contribution in [1.82, 2.24) is 5.32 Å². The van der Waals surface area contributed by atoms with Crippen molar-refractivity contribution in [2.24, 2.45) is 0 Å². The number of hydrogen-bond donors (Lipinski definition) is 3. The minimum absolute atomic E-state index is 0.157. The summed E-state index contributed by atoms with van der Waals surface area (Å²) in [4.78, 5) is 0.157. The lowest BCUT2D eigenvalue weighted by molar-refractivity contribution is 0.601. The zero-order valence-electron chi connectivity index (χ0n) is 13.5. The molecule has 0 unspecified atom stereocenters. The van der Waals surface area contributed by atoms with Gasteiger partial charge in [0, 0.05) is 22.4 Å². The van der Waals surface area contributed by atoms with Crippen molar-refractivity contribution in [3.05, 3.63) is 53.1 Å². The highest BCUT2D eigenvalue weighted by atomic mass is 35.5. The largest absolute Gasteiger partial charge is 0.360 e. The van der Waals surface area contributed by atoms with E-state index in [0.29, 0.717) is 27.6 Å². The molecule has 1 aliphatic rings. The van der Waals surface area contributed by atoms with Crippen LogP contribution >= 0.6 is 23.8 Å². The van der Waals surface area contributed by atoms with E-state index >= 15 is 0 Å². The van der Waals surface area contributed by atoms with Crippen molar-refractivity contribution in [2.75, 3.05) is 10.0 Å². The fraction of sp³-hybridized carbons (Fsp3) is 0.235. The molecule has 5 nitrogen and oxygen atoms in total. The second-order valence-corrected chi connectivity index (χ2v) is 8.49. The molecule has 1 saturated carbocycles. The Bertz CT molecular complexity index is 895. The van der Waals surface area contributed by atoms with Crippen LogP contribution in [0.3, 0.4) is 0 Å². The highest BCUT2D eigenvalue weighted by Gasteiger charge is 2.22. The summed E-state index contributed by atoms with van der Waals surface area (Å²) >= 11 is 11.1. The van der Waals surface area contributed by atoms with Crippen LogP contribution in [-0.2, 0) is 10.0 Å². The minimum Gasteiger partial charge on any atom is -0.360 e. The molecule has 3 rings (SSSR count). The number of halogens is 1. The van der Waals surface area contributed by atoms with Gasteiger partial charge in [-0.25, -0.2) is 8.42 Å². The summed E-state index contributed by atoms with van der Waals surface area (Å²) in [5.74, 6) is 0. The number of benzene rings is 2. The molecule has 0 heterocycles. The van der Waals surface area contributed by atoms with Crippen LogP contribution in [0.1, 0.15) is 18.4 Å². The third kappa shape index (κ3) is 4.84. The average Bonchev–Trinajstić information content (AvgIpc) is 3.35. The monoisotopic (exact) mass is 395 g/mol. The molecule has 0 bridgehead atoms. The molecule has 0 spiro atoms. The Kier molecular flexibility index (Phi) is 5.17. The first-order valence-corrected chi connectivity index (χ1v) is 10.1. The Hall–Kier alpha value is -1.83. The van der Waals surface area contributed by atoms with Crippen LogP contribution in [-0.4, -0.2) is 19.6 Å². The molecule has 0 amide bonds. The van der Waals surface area contributed by atoms with Crippen molar-refractivity contribution in [3.8, 4) is 0 Å². The summed E-state index contributed by atoms with van der Waals surface area (Å²) in [6, 6.07) is 11.8. The van der Waals surface area contributed by atoms with Crippen molar-refractivity contribution in [1.29, 1.82) is 0 Å². The summed E-state index contributed by atoms with van der Waals surface area (Å²) in [6.07, 6.45) is 2.22. The van der Waals surface area contributed by atoms with Crippen LogP contribution in [0.25, 0.3) is 0 Å². The van der Waals surface area contributed by atoms with Gasteiger partial charge in [0.15, 0.2) is 5.11 Å². The molecule has 25 heavy (non-hydrogen) atoms. The molecule has 132 valence electrons. The Labute approximate surface area is 157 Å². The third-order valence-corrected chi connectivity index (χ3v) is 5.63. The maximum absolute atomic E-state index is 12.6. The second-order valence-electron chi connectivity index (χ2n) is 5.96. The first kappa shape index (κ1) is 18.0. The summed E-state index contributed by atoms with van der Waals surface area (Å²) in [5.41, 5.74) is 2.02. The quantitative estimate of drug-likeness (QED) is 0.670. The van der Waals surface area contributed by atoms with E-state index in [4.69, 9.17) is 23.8 Å². The van der Waals surface area contributed by atoms with E-state index < -0.39 is 10.0 Å². The van der Waals surface area contributed by atoms with Gasteiger partial charge in [-0.3, -0.25) is 4.72 Å². The molecular weight excluding hydrogens is 378 g/mol. The number of rotatable bonds is 5. The maximum atomic E-state index is 12.6. The van der Waals surface area contributed by atoms with Gasteiger partial charge in [-0.05, 0) is 73.9 Å². The lowest BCUT2D eigenvalue weighted by Crippen LogP contribution is -2.30. The fourth-order valence-corrected chi connectivity index (χ4v) is 3.69. The molecule has 8 heteroatoms. The van der Waals surface area contributed by atoms with Gasteiger partial charge in [-0.1, -0.05) is 17.7 Å². The summed E-state index contributed by atoms with van der Waals surface area (Å²) in [5, 5.41) is 7.30. The first-order chi connectivity index (χ1) is 11.8. The highest BCUT2D eigenvalue weighted by molar-refractivity contribution is 7.92. The van der Waals surface area contributed by atoms with Crippen LogP contribution in [0, 0.1) is 6.92 Å². The second kappa shape index (κ2) is 7.19. The normalized spacial score (nSPS) is 14.0. The van der Waals surface area contributed by atoms with Crippen molar-refractivity contribution in [3.63, 3.8) is 0 Å². The molecule has 2 aromatic rings. The predicted molar refractivity (Wildman–Crippen MR) is 106 cm³/mol. The van der Waals surface area contributed by atoms with Crippen LogP contribution in [0.4, 0.5) is 11.4 Å². The fourth-order valence-electron chi connectivity index (χ4n) is 2.21. The Balaban J connectivity index is 1.79. The molecule has 0 aliphatic heterocycles. The lowest BCUT2D eigenvalue weighted by atomic mass is 10.2. The Morgan fingerprint density at radius 2 is 1.84 bits per heavy atom. The summed E-state index contributed by atoms with van der Waals surface area (Å²) in [6.45, 7) is 1.89. The van der Waals surface area contributed by atoms with Crippen molar-refractivity contribution >= 4 is 50.3 Å². The predicted octanol–water partition coefficient (Wildman–Crippen LogP) is 3.90. The maximum Gasteiger partial charge on any atom is 0.261 e. The van der Waals surface area contributed by atoms with Gasteiger partial charge in [-0.15, -0.1) is 0 Å². The lowest BCUT2D eigenvalue weighted by Gasteiger charge is -2.14. The van der Waals surface area contributed by atoms with Gasteiger partial charge < -0.3 is 10.6 Å². The van der Waals surface area contributed by atoms with Crippen LogP contribution in [0.5, 0.6) is 0 Å². The molecule has 2 aromatic carbocycles. The van der Waals surface area contributed by atoms with E-state index in [1.54, 1.807) is 42.5 Å². The van der Waals surface area contributed by atoms with E-state index in [-0.39, 0.29) is 4.90 Å². The smallest absolute Gasteiger partial charge is 0.261 e. The zero-order chi connectivity index (χ0) is 18.0. The standard InChI is InChI=1S/C17H18ClN3O2S2/c1-11-2-9-15(10-16(11)20-17(24)19-13-7-8-13)25(22,23)21-14-5-3-12(18)4-6-14/h2-6,9-10,13,21H,7-8H2,1H3,(H2,19,20,24). The van der Waals surface area contributed by atoms with Gasteiger partial charge >= 0.3 is 0 Å². The van der Waals surface area contributed by atoms with E-state index in [9.17, 15) is 8.42 Å². The van der Waals surface area contributed by atoms with Gasteiger partial charge in [0.1, 0.15) is 0 Å². The summed E-state index contributed by atoms with van der Waals surface area (Å²) < 4.78 is 27.7. The first-order valence-electron chi connectivity index (χ1n) is 7.80. The molecule has 0 aromatic heterocycles. The van der Waals surface area contributed by atoms with Crippen molar-refractivity contribution in [2.45, 2.75) is 30.7 Å². The van der Waals surface area contributed by atoms with E-state index in [2.05, 4.69) is 15.4 Å². The number of sulfonamides is 1. The van der Waals surface area contributed by atoms with Crippen LogP contribution < -0.4 is 15.4 Å². The zero-order valence-corrected chi connectivity index (χ0v) is 15.9. The van der Waals surface area contributed by atoms with Gasteiger partial charge in [0.25, 0.3) is 10.0 Å². The average molecular weight is 396 g/mol. The molecule has 1 fully saturated rings. The SMILES string of the molecule is Cc1ccc(S(=O)(=O)Nc2ccc(Cl)cc2)cc1NC(=S)NC1CC1. The Morgan fingerprint density at radius 3 is 2.48 bits per heavy atom. The topological polar surface area (TPSA) is 70.2 Å². The molecule has 1 aliphatic carbocycles. The highest BCUT2D eigenvalue weighted by Crippen LogP contribution is 2.24. The van der Waals surface area contributed by atoms with E-state index in [1.165, 1.54) is 0 Å². The number of anilines is 2. The third-order valence-electron chi connectivity index (χ3n) is 3.78. The van der Waals surface area contributed by atoms with Gasteiger partial charge in [0.2, 0.25) is 0 Å². The number of hydrogen-bond acceptors (Lipinski definition) is 3. The number of thiocarbonyl (C=S) groups is 1. The molecular formula is C17H18ClN3O2S2. The van der Waals surface area contributed by atoms with E-state index in [1.807, 2.05) is 6.92 Å². The molecule has 0 saturated heterocycles. The van der Waals surface area contributed by atoms with E-state index in [0.717, 1.165) is 18.4 Å². The number of aryl methyl sites for hydroxylation is 1. The Morgan fingerprint density at radius 1 is 1.16 bits per heavy atom. The van der Waals surface area contributed by atoms with Crippen molar-refractivity contribution < 1.29 is 8.42 Å². The number of nitrogens with one attached hydrogen (secondary N) is 3. The molecule has 0 atom stereocenters. The summed E-state index contributed by atoms with van der Waals surface area (Å²) in [7, 11) is -3.71.